The number of carbonyl (C=O) groups is 1. The lowest BCUT2D eigenvalue weighted by molar-refractivity contribution is -0.118. The van der Waals surface area contributed by atoms with Crippen LogP contribution in [0.4, 0.5) is 14.6 Å². The number of rotatable bonds is 6. The van der Waals surface area contributed by atoms with Crippen LogP contribution >= 0.6 is 0 Å². The van der Waals surface area contributed by atoms with Crippen LogP contribution in [-0.4, -0.2) is 28.0 Å². The highest BCUT2D eigenvalue weighted by Crippen LogP contribution is 2.25. The Labute approximate surface area is 145 Å². The van der Waals surface area contributed by atoms with E-state index < -0.39 is 11.6 Å². The van der Waals surface area contributed by atoms with Gasteiger partial charge in [-0.05, 0) is 42.9 Å². The third-order valence-electron chi connectivity index (χ3n) is 4.55. The molecule has 1 aliphatic rings. The fraction of sp³-hybridized carbons (Fsp3) is 0.444. The summed E-state index contributed by atoms with van der Waals surface area (Å²) in [6.45, 7) is 2.01. The van der Waals surface area contributed by atoms with Crippen LogP contribution in [0.3, 0.4) is 0 Å². The molecule has 0 spiro atoms. The Morgan fingerprint density at radius 1 is 1.44 bits per heavy atom. The van der Waals surface area contributed by atoms with Crippen LogP contribution in [0.25, 0.3) is 0 Å². The van der Waals surface area contributed by atoms with E-state index in [0.717, 1.165) is 24.5 Å². The molecule has 2 aromatic rings. The molecule has 1 aliphatic carbocycles. The van der Waals surface area contributed by atoms with E-state index in [1.54, 1.807) is 6.20 Å². The third kappa shape index (κ3) is 4.22. The highest BCUT2D eigenvalue weighted by Gasteiger charge is 2.27. The number of H-pyrrole nitrogens is 1. The average Bonchev–Trinajstić information content (AvgIpc) is 3.08. The molecular formula is C18H22F2N4O. The van der Waals surface area contributed by atoms with E-state index in [9.17, 15) is 13.6 Å². The number of aromatic amines is 1. The van der Waals surface area contributed by atoms with Crippen molar-refractivity contribution in [2.24, 2.45) is 0 Å². The second-order valence-corrected chi connectivity index (χ2v) is 6.42. The fourth-order valence-electron chi connectivity index (χ4n) is 3.33. The van der Waals surface area contributed by atoms with Crippen molar-refractivity contribution in [2.75, 3.05) is 5.32 Å². The second kappa shape index (κ2) is 7.74. The molecule has 1 unspecified atom stereocenters. The molecule has 0 aliphatic heterocycles. The van der Waals surface area contributed by atoms with Gasteiger partial charge in [0.05, 0.1) is 12.4 Å². The maximum absolute atomic E-state index is 14.0. The molecule has 1 heterocycles. The molecule has 134 valence electrons. The minimum absolute atomic E-state index is 0.0195. The summed E-state index contributed by atoms with van der Waals surface area (Å²) >= 11 is 0. The summed E-state index contributed by atoms with van der Waals surface area (Å²) in [6, 6.07) is 1.93. The van der Waals surface area contributed by atoms with Crippen molar-refractivity contribution >= 4 is 11.7 Å². The fourth-order valence-corrected chi connectivity index (χ4v) is 3.33. The van der Waals surface area contributed by atoms with Crippen LogP contribution in [0.2, 0.25) is 0 Å². The van der Waals surface area contributed by atoms with Crippen molar-refractivity contribution in [1.82, 2.24) is 15.3 Å². The average molecular weight is 348 g/mol. The van der Waals surface area contributed by atoms with Gasteiger partial charge in [-0.2, -0.15) is 0 Å². The number of aryl methyl sites for hydroxylation is 1. The zero-order chi connectivity index (χ0) is 17.8. The van der Waals surface area contributed by atoms with E-state index in [4.69, 9.17) is 0 Å². The summed E-state index contributed by atoms with van der Waals surface area (Å²) in [5, 5.41) is 6.11. The number of aromatic nitrogens is 2. The lowest BCUT2D eigenvalue weighted by Crippen LogP contribution is -2.48. The van der Waals surface area contributed by atoms with E-state index in [0.29, 0.717) is 30.6 Å². The number of hydrogen-bond donors (Lipinski definition) is 3. The summed E-state index contributed by atoms with van der Waals surface area (Å²) in [7, 11) is 0. The Morgan fingerprint density at radius 3 is 3.00 bits per heavy atom. The predicted molar refractivity (Wildman–Crippen MR) is 91.2 cm³/mol. The topological polar surface area (TPSA) is 69.8 Å². The van der Waals surface area contributed by atoms with Gasteiger partial charge in [-0.3, -0.25) is 4.79 Å². The summed E-state index contributed by atoms with van der Waals surface area (Å²) in [5.74, 6) is -0.720. The van der Waals surface area contributed by atoms with E-state index in [1.165, 1.54) is 12.4 Å². The molecule has 0 radical (unpaired) electrons. The second-order valence-electron chi connectivity index (χ2n) is 6.42. The Balaban J connectivity index is 1.67. The normalized spacial score (nSPS) is 17.8. The number of benzene rings is 1. The van der Waals surface area contributed by atoms with Gasteiger partial charge in [-0.1, -0.05) is 13.3 Å². The molecule has 0 bridgehead atoms. The minimum atomic E-state index is -0.537. The molecule has 0 saturated carbocycles. The van der Waals surface area contributed by atoms with Crippen LogP contribution < -0.4 is 10.6 Å². The molecule has 7 heteroatoms. The number of imidazole rings is 1. The molecule has 3 rings (SSSR count). The standard InChI is InChI=1S/C18H22F2N4O/c1-2-3-16(18(25)24-17-9-21-10-22-17)23-13-5-4-11-6-12(19)7-15(20)14(11)8-13/h6-7,9-10,13,16,23H,2-5,8H2,1H3,(H,21,22)(H,24,25)/t13?,16-/m0/s1. The maximum atomic E-state index is 14.0. The summed E-state index contributed by atoms with van der Waals surface area (Å²) in [6.07, 6.45) is 6.42. The smallest absolute Gasteiger partial charge is 0.242 e. The van der Waals surface area contributed by atoms with Crippen molar-refractivity contribution in [2.45, 2.75) is 51.1 Å². The molecule has 2 atom stereocenters. The number of amides is 1. The Bertz CT molecular complexity index is 733. The molecule has 3 N–H and O–H groups in total. The Hall–Kier alpha value is -2.28. The highest BCUT2D eigenvalue weighted by atomic mass is 19.1. The van der Waals surface area contributed by atoms with Crippen LogP contribution in [0.5, 0.6) is 0 Å². The van der Waals surface area contributed by atoms with Crippen molar-refractivity contribution in [3.63, 3.8) is 0 Å². The maximum Gasteiger partial charge on any atom is 0.242 e. The quantitative estimate of drug-likeness (QED) is 0.752. The summed E-state index contributed by atoms with van der Waals surface area (Å²) in [4.78, 5) is 19.3. The van der Waals surface area contributed by atoms with E-state index in [-0.39, 0.29) is 18.0 Å². The lowest BCUT2D eigenvalue weighted by Gasteiger charge is -2.29. The van der Waals surface area contributed by atoms with Gasteiger partial charge < -0.3 is 15.6 Å². The minimum Gasteiger partial charge on any atom is -0.349 e. The Morgan fingerprint density at radius 2 is 2.28 bits per heavy atom. The molecule has 25 heavy (non-hydrogen) atoms. The largest absolute Gasteiger partial charge is 0.349 e. The first-order valence-corrected chi connectivity index (χ1v) is 8.59. The van der Waals surface area contributed by atoms with Gasteiger partial charge in [0.2, 0.25) is 5.91 Å². The van der Waals surface area contributed by atoms with E-state index in [1.807, 2.05) is 6.92 Å². The number of carbonyl (C=O) groups excluding carboxylic acids is 1. The van der Waals surface area contributed by atoms with E-state index >= 15 is 0 Å². The molecule has 0 saturated heterocycles. The zero-order valence-electron chi connectivity index (χ0n) is 14.1. The number of nitrogens with zero attached hydrogens (tertiary/aromatic N) is 1. The van der Waals surface area contributed by atoms with Crippen molar-refractivity contribution in [3.8, 4) is 0 Å². The van der Waals surface area contributed by atoms with Gasteiger partial charge in [-0.25, -0.2) is 13.8 Å². The van der Waals surface area contributed by atoms with Crippen molar-refractivity contribution in [3.05, 3.63) is 47.4 Å². The third-order valence-corrected chi connectivity index (χ3v) is 4.55. The van der Waals surface area contributed by atoms with Gasteiger partial charge >= 0.3 is 0 Å². The zero-order valence-corrected chi connectivity index (χ0v) is 14.1. The van der Waals surface area contributed by atoms with Crippen molar-refractivity contribution < 1.29 is 13.6 Å². The van der Waals surface area contributed by atoms with Crippen LogP contribution in [-0.2, 0) is 17.6 Å². The molecular weight excluding hydrogens is 326 g/mol. The molecule has 1 amide bonds. The Kier molecular flexibility index (Phi) is 5.43. The summed E-state index contributed by atoms with van der Waals surface area (Å²) < 4.78 is 27.4. The van der Waals surface area contributed by atoms with E-state index in [2.05, 4.69) is 20.6 Å². The molecule has 5 nitrogen and oxygen atoms in total. The van der Waals surface area contributed by atoms with Gasteiger partial charge in [0.15, 0.2) is 5.82 Å². The molecule has 1 aromatic carbocycles. The van der Waals surface area contributed by atoms with Gasteiger partial charge in [0.25, 0.3) is 0 Å². The first kappa shape index (κ1) is 17.5. The molecule has 0 fully saturated rings. The highest BCUT2D eigenvalue weighted by molar-refractivity contribution is 5.93. The number of halogens is 2. The molecule has 1 aromatic heterocycles. The first-order chi connectivity index (χ1) is 12.1. The summed E-state index contributed by atoms with van der Waals surface area (Å²) in [5.41, 5.74) is 1.27. The number of anilines is 1. The van der Waals surface area contributed by atoms with Gasteiger partial charge in [0, 0.05) is 18.3 Å². The van der Waals surface area contributed by atoms with Crippen LogP contribution in [0, 0.1) is 11.6 Å². The lowest BCUT2D eigenvalue weighted by atomic mass is 9.87. The van der Waals surface area contributed by atoms with Crippen molar-refractivity contribution in [1.29, 1.82) is 0 Å². The monoisotopic (exact) mass is 348 g/mol. The SMILES string of the molecule is CCC[C@H](NC1CCc2cc(F)cc(F)c2C1)C(=O)Nc1c[nH]cn1. The predicted octanol–water partition coefficient (Wildman–Crippen LogP) is 2.94. The number of nitrogens with one attached hydrogen (secondary N) is 3. The number of hydrogen-bond acceptors (Lipinski definition) is 3. The first-order valence-electron chi connectivity index (χ1n) is 8.59. The van der Waals surface area contributed by atoms with Gasteiger partial charge in [0.1, 0.15) is 11.6 Å². The van der Waals surface area contributed by atoms with Gasteiger partial charge in [-0.15, -0.1) is 0 Å². The van der Waals surface area contributed by atoms with Crippen LogP contribution in [0.15, 0.2) is 24.7 Å². The number of fused-ring (bicyclic) bond motifs is 1. The van der Waals surface area contributed by atoms with Crippen LogP contribution in [0.1, 0.15) is 37.3 Å².